The van der Waals surface area contributed by atoms with Crippen molar-refractivity contribution in [3.05, 3.63) is 24.2 Å². The molecule has 0 saturated carbocycles. The quantitative estimate of drug-likeness (QED) is 0.852. The van der Waals surface area contributed by atoms with E-state index < -0.39 is 0 Å². The molecule has 2 aromatic heterocycles. The molecule has 0 N–H and O–H groups in total. The molecule has 0 aliphatic carbocycles. The highest BCUT2D eigenvalue weighted by atomic mass is 32.2. The lowest BCUT2D eigenvalue weighted by molar-refractivity contribution is 0.192. The zero-order valence-electron chi connectivity index (χ0n) is 11.5. The summed E-state index contributed by atoms with van der Waals surface area (Å²) >= 11 is 2.06. The third kappa shape index (κ3) is 2.13. The molecule has 2 aromatic rings. The van der Waals surface area contributed by atoms with Gasteiger partial charge >= 0.3 is 0 Å². The molecule has 2 fully saturated rings. The van der Waals surface area contributed by atoms with E-state index in [1.165, 1.54) is 30.2 Å². The van der Waals surface area contributed by atoms with Crippen LogP contribution in [-0.4, -0.2) is 39.3 Å². The van der Waals surface area contributed by atoms with Crippen LogP contribution in [-0.2, 0) is 4.74 Å². The molecule has 1 unspecified atom stereocenters. The average Bonchev–Trinajstić information content (AvgIpc) is 3.15. The highest BCUT2D eigenvalue weighted by molar-refractivity contribution is 7.99. The Hall–Kier alpha value is -1.07. The van der Waals surface area contributed by atoms with Gasteiger partial charge in [-0.2, -0.15) is 11.8 Å². The largest absolute Gasteiger partial charge is 0.381 e. The maximum absolute atomic E-state index is 5.57. The van der Waals surface area contributed by atoms with E-state index in [0.29, 0.717) is 12.0 Å². The molecule has 2 aliphatic rings. The summed E-state index contributed by atoms with van der Waals surface area (Å²) in [6.07, 6.45) is 5.43. The number of rotatable bonds is 2. The maximum atomic E-state index is 5.57. The van der Waals surface area contributed by atoms with Gasteiger partial charge in [0.25, 0.3) is 0 Å². The predicted octanol–water partition coefficient (Wildman–Crippen LogP) is 3.00. The second-order valence-electron chi connectivity index (χ2n) is 5.59. The van der Waals surface area contributed by atoms with Crippen LogP contribution in [0.2, 0.25) is 0 Å². The summed E-state index contributed by atoms with van der Waals surface area (Å²) in [4.78, 5) is 9.48. The van der Waals surface area contributed by atoms with Crippen molar-refractivity contribution in [3.63, 3.8) is 0 Å². The van der Waals surface area contributed by atoms with Crippen LogP contribution in [0.5, 0.6) is 0 Å². The number of thioether (sulfide) groups is 1. The average molecular weight is 289 g/mol. The first-order chi connectivity index (χ1) is 9.93. The second kappa shape index (κ2) is 5.37. The molecular formula is C15H19N3OS. The van der Waals surface area contributed by atoms with Gasteiger partial charge in [-0.25, -0.2) is 9.97 Å². The Balaban J connectivity index is 1.83. The van der Waals surface area contributed by atoms with Crippen molar-refractivity contribution < 1.29 is 4.74 Å². The minimum absolute atomic E-state index is 0.443. The summed E-state index contributed by atoms with van der Waals surface area (Å²) in [5.74, 6) is 4.14. The van der Waals surface area contributed by atoms with Gasteiger partial charge in [0.1, 0.15) is 11.3 Å². The maximum Gasteiger partial charge on any atom is 0.160 e. The van der Waals surface area contributed by atoms with E-state index in [2.05, 4.69) is 27.4 Å². The Kier molecular flexibility index (Phi) is 3.40. The van der Waals surface area contributed by atoms with Gasteiger partial charge in [0, 0.05) is 24.8 Å². The van der Waals surface area contributed by atoms with Gasteiger partial charge in [-0.3, -0.25) is 0 Å². The number of hydrogen-bond donors (Lipinski definition) is 0. The lowest BCUT2D eigenvalue weighted by Crippen LogP contribution is -2.19. The molecule has 0 radical (unpaired) electrons. The third-order valence-corrected chi connectivity index (χ3v) is 5.38. The Morgan fingerprint density at radius 1 is 1.25 bits per heavy atom. The minimum atomic E-state index is 0.443. The standard InChI is InChI=1S/C15H19N3OS/c1-2-13-15(16-6-1)18(12-4-8-20-9-5-12)14(17-13)11-3-7-19-10-11/h1-2,6,11-12H,3-5,7-10H2. The number of hydrogen-bond acceptors (Lipinski definition) is 4. The van der Waals surface area contributed by atoms with E-state index >= 15 is 0 Å². The van der Waals surface area contributed by atoms with Crippen LogP contribution in [0.25, 0.3) is 11.2 Å². The van der Waals surface area contributed by atoms with Gasteiger partial charge in [0.05, 0.1) is 6.61 Å². The first-order valence-corrected chi connectivity index (χ1v) is 8.57. The van der Waals surface area contributed by atoms with Crippen molar-refractivity contribution in [1.82, 2.24) is 14.5 Å². The van der Waals surface area contributed by atoms with Crippen LogP contribution in [0.15, 0.2) is 18.3 Å². The van der Waals surface area contributed by atoms with E-state index in [1.54, 1.807) is 0 Å². The molecule has 4 rings (SSSR count). The van der Waals surface area contributed by atoms with Crippen LogP contribution in [0, 0.1) is 0 Å². The molecule has 0 amide bonds. The van der Waals surface area contributed by atoms with Crippen LogP contribution in [0.4, 0.5) is 0 Å². The van der Waals surface area contributed by atoms with Crippen molar-refractivity contribution in [3.8, 4) is 0 Å². The second-order valence-corrected chi connectivity index (χ2v) is 6.81. The van der Waals surface area contributed by atoms with Crippen molar-refractivity contribution in [1.29, 1.82) is 0 Å². The minimum Gasteiger partial charge on any atom is -0.381 e. The summed E-state index contributed by atoms with van der Waals surface area (Å²) in [6, 6.07) is 4.62. The summed E-state index contributed by atoms with van der Waals surface area (Å²) in [5.41, 5.74) is 2.10. The fourth-order valence-corrected chi connectivity index (χ4v) is 4.36. The fourth-order valence-electron chi connectivity index (χ4n) is 3.28. The Morgan fingerprint density at radius 3 is 2.95 bits per heavy atom. The third-order valence-electron chi connectivity index (χ3n) is 4.33. The molecule has 106 valence electrons. The highest BCUT2D eigenvalue weighted by Crippen LogP contribution is 2.35. The summed E-state index contributed by atoms with van der Waals surface area (Å²) < 4.78 is 8.00. The highest BCUT2D eigenvalue weighted by Gasteiger charge is 2.28. The van der Waals surface area contributed by atoms with Gasteiger partial charge < -0.3 is 9.30 Å². The molecule has 2 aliphatic heterocycles. The summed E-state index contributed by atoms with van der Waals surface area (Å²) in [6.45, 7) is 1.67. The monoisotopic (exact) mass is 289 g/mol. The van der Waals surface area contributed by atoms with Crippen molar-refractivity contribution in [2.75, 3.05) is 24.7 Å². The Bertz CT molecular complexity index is 600. The van der Waals surface area contributed by atoms with Crippen molar-refractivity contribution in [2.45, 2.75) is 31.2 Å². The van der Waals surface area contributed by atoms with Crippen molar-refractivity contribution in [2.24, 2.45) is 0 Å². The first kappa shape index (κ1) is 12.7. The number of fused-ring (bicyclic) bond motifs is 1. The molecule has 1 atom stereocenters. The predicted molar refractivity (Wildman–Crippen MR) is 81.3 cm³/mol. The summed E-state index contributed by atoms with van der Waals surface area (Å²) in [5, 5.41) is 0. The van der Waals surface area contributed by atoms with Crippen molar-refractivity contribution >= 4 is 22.9 Å². The fraction of sp³-hybridized carbons (Fsp3) is 0.600. The Labute approximate surface area is 122 Å². The number of pyridine rings is 1. The topological polar surface area (TPSA) is 39.9 Å². The lowest BCUT2D eigenvalue weighted by Gasteiger charge is -2.26. The number of imidazole rings is 1. The smallest absolute Gasteiger partial charge is 0.160 e. The number of aromatic nitrogens is 3. The Morgan fingerprint density at radius 2 is 2.15 bits per heavy atom. The molecule has 0 spiro atoms. The van der Waals surface area contributed by atoms with E-state index in [-0.39, 0.29) is 0 Å². The zero-order valence-corrected chi connectivity index (χ0v) is 12.3. The van der Waals surface area contributed by atoms with E-state index in [4.69, 9.17) is 9.72 Å². The number of ether oxygens (including phenoxy) is 1. The van der Waals surface area contributed by atoms with E-state index in [0.717, 1.165) is 30.8 Å². The van der Waals surface area contributed by atoms with Crippen LogP contribution in [0.3, 0.4) is 0 Å². The van der Waals surface area contributed by atoms with Gasteiger partial charge in [-0.15, -0.1) is 0 Å². The molecule has 2 saturated heterocycles. The van der Waals surface area contributed by atoms with E-state index in [1.807, 2.05) is 12.3 Å². The molecule has 4 heterocycles. The van der Waals surface area contributed by atoms with Crippen LogP contribution in [0.1, 0.15) is 37.0 Å². The first-order valence-electron chi connectivity index (χ1n) is 7.42. The lowest BCUT2D eigenvalue weighted by atomic mass is 10.1. The molecule has 0 aromatic carbocycles. The molecule has 20 heavy (non-hydrogen) atoms. The van der Waals surface area contributed by atoms with Gasteiger partial charge in [-0.1, -0.05) is 0 Å². The van der Waals surface area contributed by atoms with Gasteiger partial charge in [0.2, 0.25) is 0 Å². The SMILES string of the molecule is c1cnc2c(c1)nc(C1CCOC1)n2C1CCSCC1. The molecule has 5 heteroatoms. The van der Waals surface area contributed by atoms with Crippen LogP contribution >= 0.6 is 11.8 Å². The normalized spacial score (nSPS) is 24.5. The molecular weight excluding hydrogens is 270 g/mol. The van der Waals surface area contributed by atoms with Crippen LogP contribution < -0.4 is 0 Å². The summed E-state index contributed by atoms with van der Waals surface area (Å²) in [7, 11) is 0. The van der Waals surface area contributed by atoms with Gasteiger partial charge in [-0.05, 0) is 42.9 Å². The molecule has 4 nitrogen and oxygen atoms in total. The molecule has 0 bridgehead atoms. The van der Waals surface area contributed by atoms with E-state index in [9.17, 15) is 0 Å². The zero-order chi connectivity index (χ0) is 13.4. The van der Waals surface area contributed by atoms with Gasteiger partial charge in [0.15, 0.2) is 5.65 Å². The number of nitrogens with zero attached hydrogens (tertiary/aromatic N) is 3.